The largest absolute Gasteiger partial charge is 0.421 e. The second-order valence-electron chi connectivity index (χ2n) is 3.04. The third-order valence-electron chi connectivity index (χ3n) is 1.81. The molecule has 0 radical (unpaired) electrons. The molecule has 15 heavy (non-hydrogen) atoms. The molecule has 0 spiro atoms. The summed E-state index contributed by atoms with van der Waals surface area (Å²) in [6.45, 7) is 1.95. The second kappa shape index (κ2) is 4.23. The van der Waals surface area contributed by atoms with Crippen molar-refractivity contribution in [1.29, 1.82) is 0 Å². The molecule has 0 bridgehead atoms. The molecule has 0 unspecified atom stereocenters. The Kier molecular flexibility index (Phi) is 2.78. The Bertz CT molecular complexity index is 465. The fourth-order valence-electron chi connectivity index (χ4n) is 1.15. The minimum Gasteiger partial charge on any atom is -0.421 e. The van der Waals surface area contributed by atoms with E-state index in [1.807, 2.05) is 25.1 Å². The van der Waals surface area contributed by atoms with E-state index in [4.69, 9.17) is 4.74 Å². The lowest BCUT2D eigenvalue weighted by Crippen LogP contribution is -2.07. The summed E-state index contributed by atoms with van der Waals surface area (Å²) in [6, 6.07) is 7.35. The van der Waals surface area contributed by atoms with Crippen LogP contribution in [-0.4, -0.2) is 11.0 Å². The van der Waals surface area contributed by atoms with Gasteiger partial charge in [-0.15, -0.1) is 11.3 Å². The number of carbonyl (C=O) groups excluding carboxylic acids is 1. The van der Waals surface area contributed by atoms with E-state index in [2.05, 4.69) is 4.98 Å². The van der Waals surface area contributed by atoms with Crippen LogP contribution in [0, 0.1) is 6.92 Å². The summed E-state index contributed by atoms with van der Waals surface area (Å²) in [5.41, 5.74) is 1.06. The van der Waals surface area contributed by atoms with E-state index in [1.54, 1.807) is 17.6 Å². The number of hydrogen-bond donors (Lipinski definition) is 0. The first-order valence-corrected chi connectivity index (χ1v) is 5.32. The highest BCUT2D eigenvalue weighted by molar-refractivity contribution is 7.11. The monoisotopic (exact) mass is 219 g/mol. The van der Waals surface area contributed by atoms with E-state index in [0.717, 1.165) is 5.56 Å². The Balaban J connectivity index is 2.13. The van der Waals surface area contributed by atoms with Crippen LogP contribution in [-0.2, 0) is 0 Å². The highest BCUT2D eigenvalue weighted by Gasteiger charge is 2.10. The smallest absolute Gasteiger partial charge is 0.372 e. The number of ether oxygens (including phenoxy) is 1. The topological polar surface area (TPSA) is 39.2 Å². The van der Waals surface area contributed by atoms with Crippen LogP contribution in [0.15, 0.2) is 35.8 Å². The van der Waals surface area contributed by atoms with Crippen LogP contribution in [0.5, 0.6) is 5.75 Å². The molecule has 1 aromatic carbocycles. The zero-order valence-electron chi connectivity index (χ0n) is 8.14. The van der Waals surface area contributed by atoms with Gasteiger partial charge in [0.2, 0.25) is 5.01 Å². The van der Waals surface area contributed by atoms with Gasteiger partial charge in [0.05, 0.1) is 0 Å². The number of rotatable bonds is 2. The van der Waals surface area contributed by atoms with Gasteiger partial charge in [-0.2, -0.15) is 0 Å². The summed E-state index contributed by atoms with van der Waals surface area (Å²) < 4.78 is 5.15. The summed E-state index contributed by atoms with van der Waals surface area (Å²) >= 11 is 1.27. The number of hydrogen-bond acceptors (Lipinski definition) is 4. The Morgan fingerprint density at radius 3 is 3.00 bits per heavy atom. The Hall–Kier alpha value is -1.68. The zero-order valence-corrected chi connectivity index (χ0v) is 8.95. The van der Waals surface area contributed by atoms with E-state index >= 15 is 0 Å². The summed E-state index contributed by atoms with van der Waals surface area (Å²) in [5.74, 6) is 0.144. The highest BCUT2D eigenvalue weighted by Crippen LogP contribution is 2.15. The van der Waals surface area contributed by atoms with Crippen LogP contribution >= 0.6 is 11.3 Å². The maximum atomic E-state index is 11.5. The number of aromatic nitrogens is 1. The van der Waals surface area contributed by atoms with Crippen molar-refractivity contribution in [3.63, 3.8) is 0 Å². The number of benzene rings is 1. The molecule has 0 aliphatic carbocycles. The second-order valence-corrected chi connectivity index (χ2v) is 3.94. The molecule has 2 rings (SSSR count). The van der Waals surface area contributed by atoms with Crippen molar-refractivity contribution in [3.8, 4) is 5.75 Å². The average molecular weight is 219 g/mol. The van der Waals surface area contributed by atoms with Gasteiger partial charge in [-0.25, -0.2) is 9.78 Å². The first-order valence-electron chi connectivity index (χ1n) is 4.44. The predicted octanol–water partition coefficient (Wildman–Crippen LogP) is 2.67. The highest BCUT2D eigenvalue weighted by atomic mass is 32.1. The molecule has 1 aromatic heterocycles. The van der Waals surface area contributed by atoms with E-state index in [9.17, 15) is 4.79 Å². The van der Waals surface area contributed by atoms with Crippen molar-refractivity contribution in [2.45, 2.75) is 6.92 Å². The third-order valence-corrected chi connectivity index (χ3v) is 2.56. The number of nitrogens with zero attached hydrogens (tertiary/aromatic N) is 1. The zero-order chi connectivity index (χ0) is 10.7. The lowest BCUT2D eigenvalue weighted by molar-refractivity contribution is 0.0734. The first kappa shape index (κ1) is 9.86. The first-order chi connectivity index (χ1) is 7.25. The van der Waals surface area contributed by atoms with Crippen LogP contribution in [0.4, 0.5) is 0 Å². The van der Waals surface area contributed by atoms with Crippen LogP contribution in [0.2, 0.25) is 0 Å². The van der Waals surface area contributed by atoms with Gasteiger partial charge in [-0.1, -0.05) is 12.1 Å². The van der Waals surface area contributed by atoms with Crippen LogP contribution in [0.25, 0.3) is 0 Å². The molecule has 0 fully saturated rings. The van der Waals surface area contributed by atoms with E-state index in [1.165, 1.54) is 11.3 Å². The number of aryl methyl sites for hydroxylation is 1. The van der Waals surface area contributed by atoms with Gasteiger partial charge in [-0.3, -0.25) is 0 Å². The van der Waals surface area contributed by atoms with Gasteiger partial charge in [0.25, 0.3) is 0 Å². The molecule has 0 saturated heterocycles. The van der Waals surface area contributed by atoms with E-state index in [-0.39, 0.29) is 0 Å². The molecule has 0 saturated carbocycles. The molecule has 76 valence electrons. The third kappa shape index (κ3) is 2.41. The number of esters is 1. The molecule has 2 aromatic rings. The number of carbonyl (C=O) groups is 1. The number of thiazole rings is 1. The lowest BCUT2D eigenvalue weighted by atomic mass is 10.2. The molecule has 0 aliphatic rings. The quantitative estimate of drug-likeness (QED) is 0.575. The summed E-state index contributed by atoms with van der Waals surface area (Å²) in [6.07, 6.45) is 1.58. The summed E-state index contributed by atoms with van der Waals surface area (Å²) in [7, 11) is 0. The average Bonchev–Trinajstić information content (AvgIpc) is 2.70. The van der Waals surface area contributed by atoms with Crippen LogP contribution < -0.4 is 4.74 Å². The van der Waals surface area contributed by atoms with Crippen molar-refractivity contribution in [2.24, 2.45) is 0 Å². The molecule has 0 aliphatic heterocycles. The maximum Gasteiger partial charge on any atom is 0.372 e. The Morgan fingerprint density at radius 2 is 2.33 bits per heavy atom. The fourth-order valence-corrected chi connectivity index (χ4v) is 1.66. The molecular weight excluding hydrogens is 210 g/mol. The lowest BCUT2D eigenvalue weighted by Gasteiger charge is -2.02. The van der Waals surface area contributed by atoms with Crippen molar-refractivity contribution in [2.75, 3.05) is 0 Å². The fraction of sp³-hybridized carbons (Fsp3) is 0.0909. The molecule has 1 heterocycles. The molecule has 0 amide bonds. The van der Waals surface area contributed by atoms with Crippen molar-refractivity contribution in [3.05, 3.63) is 46.4 Å². The van der Waals surface area contributed by atoms with Crippen molar-refractivity contribution < 1.29 is 9.53 Å². The Morgan fingerprint density at radius 1 is 1.47 bits per heavy atom. The molecule has 3 nitrogen and oxygen atoms in total. The SMILES string of the molecule is Cc1cccc(OC(=O)c2nccs2)c1. The summed E-state index contributed by atoms with van der Waals surface area (Å²) in [5, 5.41) is 2.11. The van der Waals surface area contributed by atoms with Gasteiger partial charge < -0.3 is 4.74 Å². The molecule has 4 heteroatoms. The Labute approximate surface area is 91.4 Å². The normalized spacial score (nSPS) is 9.93. The summed E-state index contributed by atoms with van der Waals surface area (Å²) in [4.78, 5) is 15.4. The van der Waals surface area contributed by atoms with Crippen molar-refractivity contribution >= 4 is 17.3 Å². The van der Waals surface area contributed by atoms with E-state index in [0.29, 0.717) is 10.8 Å². The van der Waals surface area contributed by atoms with Crippen LogP contribution in [0.1, 0.15) is 15.4 Å². The minimum absolute atomic E-state index is 0.372. The van der Waals surface area contributed by atoms with E-state index < -0.39 is 5.97 Å². The standard InChI is InChI=1S/C11H9NO2S/c1-8-3-2-4-9(7-8)14-11(13)10-12-5-6-15-10/h2-7H,1H3. The predicted molar refractivity (Wildman–Crippen MR) is 58.3 cm³/mol. The van der Waals surface area contributed by atoms with Gasteiger partial charge >= 0.3 is 5.97 Å². The molecule has 0 atom stereocenters. The molecular formula is C11H9NO2S. The maximum absolute atomic E-state index is 11.5. The van der Waals surface area contributed by atoms with Gasteiger partial charge in [0.1, 0.15) is 5.75 Å². The van der Waals surface area contributed by atoms with Crippen molar-refractivity contribution in [1.82, 2.24) is 4.98 Å². The minimum atomic E-state index is -0.407. The van der Waals surface area contributed by atoms with Crippen LogP contribution in [0.3, 0.4) is 0 Å². The molecule has 0 N–H and O–H groups in total. The van der Waals surface area contributed by atoms with Gasteiger partial charge in [-0.05, 0) is 24.6 Å². The van der Waals surface area contributed by atoms with Gasteiger partial charge in [0.15, 0.2) is 0 Å². The van der Waals surface area contributed by atoms with Gasteiger partial charge in [0, 0.05) is 11.6 Å².